The Morgan fingerprint density at radius 2 is 1.53 bits per heavy atom. The van der Waals surface area contributed by atoms with Gasteiger partial charge in [-0.05, 0) is 29.8 Å². The quantitative estimate of drug-likeness (QED) is 0.191. The van der Waals surface area contributed by atoms with Gasteiger partial charge in [0.25, 0.3) is 0 Å². The standard InChI is InChI=1S/C24H24N4O8/c1-14(29)26-20-21(36-23(32)17-11-7-4-8-12-17)19(27-28-25)18(35-24(20)34-15(2)30)13-33-22(31)16-9-5-3-6-10-16/h3-12,18-21,24H,13H2,1-2H3,(H,26,29)/t18-,19-,20-,21+,24?/m1/s1. The number of hydrogen-bond donors (Lipinski definition) is 1. The fraction of sp³-hybridized carbons (Fsp3) is 0.333. The van der Waals surface area contributed by atoms with Crippen molar-refractivity contribution in [2.45, 2.75) is 44.4 Å². The van der Waals surface area contributed by atoms with E-state index in [4.69, 9.17) is 18.9 Å². The van der Waals surface area contributed by atoms with Gasteiger partial charge < -0.3 is 24.3 Å². The summed E-state index contributed by atoms with van der Waals surface area (Å²) >= 11 is 0. The summed E-state index contributed by atoms with van der Waals surface area (Å²) in [6, 6.07) is 13.7. The third kappa shape index (κ3) is 6.81. The number of esters is 3. The van der Waals surface area contributed by atoms with Gasteiger partial charge >= 0.3 is 17.9 Å². The maximum Gasteiger partial charge on any atom is 0.338 e. The van der Waals surface area contributed by atoms with Crippen molar-refractivity contribution in [1.82, 2.24) is 5.32 Å². The van der Waals surface area contributed by atoms with E-state index in [0.717, 1.165) is 6.92 Å². The molecule has 5 atom stereocenters. The summed E-state index contributed by atoms with van der Waals surface area (Å²) in [7, 11) is 0. The molecular formula is C24H24N4O8. The third-order valence-corrected chi connectivity index (χ3v) is 5.15. The van der Waals surface area contributed by atoms with Crippen LogP contribution in [0.1, 0.15) is 34.6 Å². The minimum absolute atomic E-state index is 0.196. The molecule has 1 fully saturated rings. The van der Waals surface area contributed by atoms with Crippen molar-refractivity contribution in [3.63, 3.8) is 0 Å². The fourth-order valence-electron chi connectivity index (χ4n) is 3.63. The molecule has 188 valence electrons. The summed E-state index contributed by atoms with van der Waals surface area (Å²) in [5.41, 5.74) is 9.69. The summed E-state index contributed by atoms with van der Waals surface area (Å²) in [5, 5.41) is 6.24. The van der Waals surface area contributed by atoms with Gasteiger partial charge in [-0.1, -0.05) is 41.5 Å². The lowest BCUT2D eigenvalue weighted by Gasteiger charge is -2.43. The number of ether oxygens (including phenoxy) is 4. The Bertz CT molecular complexity index is 1140. The summed E-state index contributed by atoms with van der Waals surface area (Å²) in [6.07, 6.45) is -3.96. The molecule has 36 heavy (non-hydrogen) atoms. The molecule has 2 aromatic carbocycles. The van der Waals surface area contributed by atoms with Gasteiger partial charge in [-0.2, -0.15) is 0 Å². The normalized spacial score (nSPS) is 22.9. The van der Waals surface area contributed by atoms with E-state index in [2.05, 4.69) is 15.3 Å². The maximum atomic E-state index is 12.9. The number of hydrogen-bond acceptors (Lipinski definition) is 9. The van der Waals surface area contributed by atoms with Crippen molar-refractivity contribution in [3.8, 4) is 0 Å². The Morgan fingerprint density at radius 3 is 2.06 bits per heavy atom. The highest BCUT2D eigenvalue weighted by Gasteiger charge is 2.50. The van der Waals surface area contributed by atoms with Gasteiger partial charge in [0.05, 0.1) is 11.1 Å². The van der Waals surface area contributed by atoms with Crippen LogP contribution in [0.3, 0.4) is 0 Å². The van der Waals surface area contributed by atoms with Crippen LogP contribution in [0.2, 0.25) is 0 Å². The molecule has 0 aliphatic carbocycles. The Morgan fingerprint density at radius 1 is 0.944 bits per heavy atom. The lowest BCUT2D eigenvalue weighted by Crippen LogP contribution is -2.65. The molecule has 3 rings (SSSR count). The van der Waals surface area contributed by atoms with Crippen molar-refractivity contribution >= 4 is 23.8 Å². The first-order valence-corrected chi connectivity index (χ1v) is 10.9. The van der Waals surface area contributed by atoms with Crippen LogP contribution < -0.4 is 5.32 Å². The molecule has 0 saturated carbocycles. The van der Waals surface area contributed by atoms with Gasteiger partial charge in [-0.15, -0.1) is 0 Å². The highest BCUT2D eigenvalue weighted by Crippen LogP contribution is 2.29. The molecular weight excluding hydrogens is 472 g/mol. The summed E-state index contributed by atoms with van der Waals surface area (Å²) < 4.78 is 22.0. The molecule has 1 aliphatic heterocycles. The topological polar surface area (TPSA) is 166 Å². The largest absolute Gasteiger partial charge is 0.459 e. The van der Waals surface area contributed by atoms with E-state index in [-0.39, 0.29) is 11.1 Å². The molecule has 2 aromatic rings. The first-order valence-electron chi connectivity index (χ1n) is 10.9. The second-order valence-corrected chi connectivity index (χ2v) is 7.77. The van der Waals surface area contributed by atoms with E-state index in [0.29, 0.717) is 0 Å². The average molecular weight is 496 g/mol. The van der Waals surface area contributed by atoms with Gasteiger partial charge in [-0.25, -0.2) is 9.59 Å². The van der Waals surface area contributed by atoms with E-state index in [9.17, 15) is 24.7 Å². The van der Waals surface area contributed by atoms with Crippen LogP contribution in [0.15, 0.2) is 65.8 Å². The highest BCUT2D eigenvalue weighted by atomic mass is 16.7. The van der Waals surface area contributed by atoms with Gasteiger partial charge in [-0.3, -0.25) is 9.59 Å². The molecule has 12 heteroatoms. The zero-order valence-electron chi connectivity index (χ0n) is 19.5. The van der Waals surface area contributed by atoms with Crippen LogP contribution >= 0.6 is 0 Å². The molecule has 0 spiro atoms. The van der Waals surface area contributed by atoms with Gasteiger partial charge in [0.1, 0.15) is 30.9 Å². The number of carbonyl (C=O) groups is 4. The van der Waals surface area contributed by atoms with Crippen LogP contribution in [0.25, 0.3) is 10.4 Å². The first-order chi connectivity index (χ1) is 17.3. The van der Waals surface area contributed by atoms with Crippen molar-refractivity contribution < 1.29 is 38.1 Å². The van der Waals surface area contributed by atoms with E-state index in [1.165, 1.54) is 19.1 Å². The molecule has 1 N–H and O–H groups in total. The van der Waals surface area contributed by atoms with E-state index in [1.54, 1.807) is 48.5 Å². The maximum absolute atomic E-state index is 12.9. The highest BCUT2D eigenvalue weighted by molar-refractivity contribution is 5.90. The van der Waals surface area contributed by atoms with Crippen LogP contribution in [-0.4, -0.2) is 61.0 Å². The lowest BCUT2D eigenvalue weighted by atomic mass is 9.94. The predicted octanol–water partition coefficient (Wildman–Crippen LogP) is 2.54. The van der Waals surface area contributed by atoms with Crippen LogP contribution in [-0.2, 0) is 28.5 Å². The number of benzene rings is 2. The fourth-order valence-corrected chi connectivity index (χ4v) is 3.63. The molecule has 0 radical (unpaired) electrons. The van der Waals surface area contributed by atoms with Crippen LogP contribution in [0, 0.1) is 0 Å². The van der Waals surface area contributed by atoms with E-state index in [1.807, 2.05) is 0 Å². The number of amides is 1. The molecule has 1 aliphatic rings. The third-order valence-electron chi connectivity index (χ3n) is 5.15. The molecule has 1 unspecified atom stereocenters. The number of nitrogens with zero attached hydrogens (tertiary/aromatic N) is 3. The molecule has 0 bridgehead atoms. The van der Waals surface area contributed by atoms with E-state index >= 15 is 0 Å². The van der Waals surface area contributed by atoms with Crippen molar-refractivity contribution in [2.75, 3.05) is 6.61 Å². The summed E-state index contributed by atoms with van der Waals surface area (Å²) in [4.78, 5) is 51.9. The Kier molecular flexibility index (Phi) is 8.98. The second-order valence-electron chi connectivity index (χ2n) is 7.77. The van der Waals surface area contributed by atoms with Crippen molar-refractivity contribution in [2.24, 2.45) is 5.11 Å². The van der Waals surface area contributed by atoms with Crippen LogP contribution in [0.4, 0.5) is 0 Å². The van der Waals surface area contributed by atoms with Gasteiger partial charge in [0.15, 0.2) is 0 Å². The minimum Gasteiger partial charge on any atom is -0.459 e. The number of rotatable bonds is 8. The zero-order valence-corrected chi connectivity index (χ0v) is 19.5. The smallest absolute Gasteiger partial charge is 0.338 e. The molecule has 12 nitrogen and oxygen atoms in total. The molecule has 0 aromatic heterocycles. The molecule has 1 heterocycles. The van der Waals surface area contributed by atoms with Crippen molar-refractivity contribution in [3.05, 3.63) is 82.2 Å². The van der Waals surface area contributed by atoms with Gasteiger partial charge in [0.2, 0.25) is 12.2 Å². The summed E-state index contributed by atoms with van der Waals surface area (Å²) in [6.45, 7) is 1.90. The first kappa shape index (κ1) is 26.2. The zero-order chi connectivity index (χ0) is 26.1. The number of carbonyl (C=O) groups excluding carboxylic acids is 4. The summed E-state index contributed by atoms with van der Waals surface area (Å²) in [5.74, 6) is -2.75. The Hall–Kier alpha value is -4.41. The van der Waals surface area contributed by atoms with E-state index < -0.39 is 61.0 Å². The Labute approximate surface area is 206 Å². The SMILES string of the molecule is CC(=O)N[C@H]1C(OC(C)=O)O[C@H](COC(=O)c2ccccc2)[C@@H](N=[N+]=[N-])[C@@H]1OC(=O)c1ccccc1. The monoisotopic (exact) mass is 496 g/mol. The number of azide groups is 1. The molecule has 1 amide bonds. The van der Waals surface area contributed by atoms with Gasteiger partial charge in [0, 0.05) is 18.8 Å². The van der Waals surface area contributed by atoms with Crippen LogP contribution in [0.5, 0.6) is 0 Å². The minimum atomic E-state index is -1.44. The van der Waals surface area contributed by atoms with Crippen molar-refractivity contribution in [1.29, 1.82) is 0 Å². The second kappa shape index (κ2) is 12.3. The Balaban J connectivity index is 1.93. The number of nitrogens with one attached hydrogen (secondary N) is 1. The molecule has 1 saturated heterocycles. The lowest BCUT2D eigenvalue weighted by molar-refractivity contribution is -0.237. The predicted molar refractivity (Wildman–Crippen MR) is 123 cm³/mol. The average Bonchev–Trinajstić information content (AvgIpc) is 2.86.